The minimum absolute atomic E-state index is 0.334. The van der Waals surface area contributed by atoms with E-state index in [1.807, 2.05) is 0 Å². The van der Waals surface area contributed by atoms with Crippen LogP contribution in [0.2, 0.25) is 0 Å². The molecule has 2 N–H and O–H groups in total. The number of fused-ring (bicyclic) bond motifs is 1. The molecule has 0 aliphatic carbocycles. The third-order valence-corrected chi connectivity index (χ3v) is 1.67. The molecule has 6 nitrogen and oxygen atoms in total. The number of aromatic nitrogens is 4. The van der Waals surface area contributed by atoms with Crippen LogP contribution in [-0.4, -0.2) is 26.6 Å². The third kappa shape index (κ3) is 1.20. The van der Waals surface area contributed by atoms with E-state index in [0.717, 1.165) is 0 Å². The standard InChI is InChI=1S/C7H9N5O/c1-13-4-12-6-5(11-7(12)8)9-2-3-10-6/h2-3H,4H2,1H3,(H2,8,9,11). The number of anilines is 1. The Morgan fingerprint density at radius 1 is 1.46 bits per heavy atom. The number of hydrogen-bond donors (Lipinski definition) is 1. The topological polar surface area (TPSA) is 78.9 Å². The zero-order chi connectivity index (χ0) is 9.26. The molecular weight excluding hydrogens is 170 g/mol. The number of hydrogen-bond acceptors (Lipinski definition) is 5. The first-order chi connectivity index (χ1) is 6.33. The van der Waals surface area contributed by atoms with Crippen molar-refractivity contribution in [2.75, 3.05) is 12.8 Å². The van der Waals surface area contributed by atoms with Gasteiger partial charge in [0.1, 0.15) is 6.73 Å². The van der Waals surface area contributed by atoms with Gasteiger partial charge < -0.3 is 10.5 Å². The Kier molecular flexibility index (Phi) is 1.82. The zero-order valence-corrected chi connectivity index (χ0v) is 7.14. The first-order valence-electron chi connectivity index (χ1n) is 3.74. The van der Waals surface area contributed by atoms with Gasteiger partial charge in [0.15, 0.2) is 11.3 Å². The van der Waals surface area contributed by atoms with Crippen molar-refractivity contribution in [3.05, 3.63) is 12.4 Å². The fraction of sp³-hybridized carbons (Fsp3) is 0.286. The van der Waals surface area contributed by atoms with Gasteiger partial charge in [-0.2, -0.15) is 4.98 Å². The largest absolute Gasteiger partial charge is 0.369 e. The first-order valence-corrected chi connectivity index (χ1v) is 3.74. The van der Waals surface area contributed by atoms with Gasteiger partial charge in [-0.1, -0.05) is 0 Å². The molecule has 6 heteroatoms. The van der Waals surface area contributed by atoms with Crippen molar-refractivity contribution < 1.29 is 4.74 Å². The molecule has 2 heterocycles. The van der Waals surface area contributed by atoms with E-state index in [9.17, 15) is 0 Å². The summed E-state index contributed by atoms with van der Waals surface area (Å²) in [5, 5.41) is 0. The normalized spacial score (nSPS) is 10.8. The van der Waals surface area contributed by atoms with Crippen LogP contribution in [0.15, 0.2) is 12.4 Å². The number of ether oxygens (including phenoxy) is 1. The summed E-state index contributed by atoms with van der Waals surface area (Å²) in [5.41, 5.74) is 6.81. The molecule has 0 fully saturated rings. The molecule has 0 amide bonds. The van der Waals surface area contributed by atoms with Crippen molar-refractivity contribution in [2.24, 2.45) is 0 Å². The van der Waals surface area contributed by atoms with Crippen molar-refractivity contribution in [1.29, 1.82) is 0 Å². The Morgan fingerprint density at radius 3 is 3.00 bits per heavy atom. The molecule has 0 aliphatic rings. The highest BCUT2D eigenvalue weighted by molar-refractivity contribution is 5.68. The van der Waals surface area contributed by atoms with Crippen molar-refractivity contribution in [1.82, 2.24) is 19.5 Å². The summed E-state index contributed by atoms with van der Waals surface area (Å²) in [6, 6.07) is 0. The highest BCUT2D eigenvalue weighted by Gasteiger charge is 2.08. The van der Waals surface area contributed by atoms with Gasteiger partial charge in [0.05, 0.1) is 0 Å². The molecule has 0 aliphatic heterocycles. The lowest BCUT2D eigenvalue weighted by Gasteiger charge is -2.01. The lowest BCUT2D eigenvalue weighted by molar-refractivity contribution is 0.135. The van der Waals surface area contributed by atoms with Gasteiger partial charge in [0.2, 0.25) is 5.95 Å². The van der Waals surface area contributed by atoms with Gasteiger partial charge >= 0.3 is 0 Å². The highest BCUT2D eigenvalue weighted by atomic mass is 16.5. The maximum atomic E-state index is 5.63. The van der Waals surface area contributed by atoms with Crippen molar-refractivity contribution in [3.63, 3.8) is 0 Å². The Labute approximate surface area is 74.4 Å². The molecule has 0 spiro atoms. The molecule has 2 rings (SSSR count). The fourth-order valence-corrected chi connectivity index (χ4v) is 1.13. The average molecular weight is 179 g/mol. The van der Waals surface area contributed by atoms with E-state index in [-0.39, 0.29) is 0 Å². The number of nitrogens with two attached hydrogens (primary N) is 1. The second-order valence-corrected chi connectivity index (χ2v) is 2.52. The monoisotopic (exact) mass is 179 g/mol. The van der Waals surface area contributed by atoms with Crippen molar-refractivity contribution in [3.8, 4) is 0 Å². The molecule has 0 aromatic carbocycles. The van der Waals surface area contributed by atoms with E-state index in [1.165, 1.54) is 0 Å². The summed E-state index contributed by atoms with van der Waals surface area (Å²) in [4.78, 5) is 12.1. The average Bonchev–Trinajstić information content (AvgIpc) is 2.44. The van der Waals surface area contributed by atoms with Gasteiger partial charge in [-0.15, -0.1) is 0 Å². The molecule has 0 saturated carbocycles. The minimum atomic E-state index is 0.334. The maximum absolute atomic E-state index is 5.63. The third-order valence-electron chi connectivity index (χ3n) is 1.67. The molecule has 0 saturated heterocycles. The van der Waals surface area contributed by atoms with Crippen LogP contribution in [0.3, 0.4) is 0 Å². The smallest absolute Gasteiger partial charge is 0.205 e. The Hall–Kier alpha value is -1.69. The van der Waals surface area contributed by atoms with Gasteiger partial charge in [-0.25, -0.2) is 9.97 Å². The molecule has 0 atom stereocenters. The number of rotatable bonds is 2. The predicted molar refractivity (Wildman–Crippen MR) is 46.7 cm³/mol. The second-order valence-electron chi connectivity index (χ2n) is 2.52. The molecule has 0 unspecified atom stereocenters. The van der Waals surface area contributed by atoms with E-state index in [0.29, 0.717) is 24.0 Å². The van der Waals surface area contributed by atoms with Crippen LogP contribution in [-0.2, 0) is 11.5 Å². The molecule has 13 heavy (non-hydrogen) atoms. The van der Waals surface area contributed by atoms with Crippen LogP contribution in [0, 0.1) is 0 Å². The quantitative estimate of drug-likeness (QED) is 0.702. The van der Waals surface area contributed by atoms with E-state index in [1.54, 1.807) is 24.1 Å². The number of methoxy groups -OCH3 is 1. The number of nitrogens with zero attached hydrogens (tertiary/aromatic N) is 4. The molecule has 2 aromatic heterocycles. The van der Waals surface area contributed by atoms with Gasteiger partial charge in [-0.3, -0.25) is 4.57 Å². The van der Waals surface area contributed by atoms with E-state index in [4.69, 9.17) is 10.5 Å². The lowest BCUT2D eigenvalue weighted by atomic mass is 10.6. The lowest BCUT2D eigenvalue weighted by Crippen LogP contribution is -2.05. The predicted octanol–water partition coefficient (Wildman–Crippen LogP) is 0.0124. The van der Waals surface area contributed by atoms with Crippen LogP contribution in [0.25, 0.3) is 11.3 Å². The van der Waals surface area contributed by atoms with E-state index in [2.05, 4.69) is 15.0 Å². The highest BCUT2D eigenvalue weighted by Crippen LogP contribution is 2.11. The summed E-state index contributed by atoms with van der Waals surface area (Å²) in [7, 11) is 1.58. The molecule has 0 radical (unpaired) electrons. The summed E-state index contributed by atoms with van der Waals surface area (Å²) in [6.07, 6.45) is 3.17. The van der Waals surface area contributed by atoms with Gasteiger partial charge in [-0.05, 0) is 0 Å². The van der Waals surface area contributed by atoms with Gasteiger partial charge in [0.25, 0.3) is 0 Å². The van der Waals surface area contributed by atoms with Crippen LogP contribution >= 0.6 is 0 Å². The number of nitrogen functional groups attached to an aromatic ring is 1. The SMILES string of the molecule is COCn1c(N)nc2nccnc21. The summed E-state index contributed by atoms with van der Waals surface area (Å²) in [5.74, 6) is 0.364. The summed E-state index contributed by atoms with van der Waals surface area (Å²) < 4.78 is 6.61. The number of imidazole rings is 1. The van der Waals surface area contributed by atoms with Crippen LogP contribution in [0.5, 0.6) is 0 Å². The first kappa shape index (κ1) is 7.93. The van der Waals surface area contributed by atoms with Crippen LogP contribution < -0.4 is 5.73 Å². The van der Waals surface area contributed by atoms with Crippen LogP contribution in [0.4, 0.5) is 5.95 Å². The minimum Gasteiger partial charge on any atom is -0.369 e. The summed E-state index contributed by atoms with van der Waals surface area (Å²) >= 11 is 0. The maximum Gasteiger partial charge on any atom is 0.205 e. The summed E-state index contributed by atoms with van der Waals surface area (Å²) in [6.45, 7) is 0.334. The zero-order valence-electron chi connectivity index (χ0n) is 7.14. The van der Waals surface area contributed by atoms with Crippen LogP contribution in [0.1, 0.15) is 0 Å². The fourth-order valence-electron chi connectivity index (χ4n) is 1.13. The van der Waals surface area contributed by atoms with E-state index >= 15 is 0 Å². The van der Waals surface area contributed by atoms with Gasteiger partial charge in [0, 0.05) is 19.5 Å². The molecular formula is C7H9N5O. The molecule has 2 aromatic rings. The molecule has 68 valence electrons. The Balaban J connectivity index is 2.64. The van der Waals surface area contributed by atoms with Crippen molar-refractivity contribution >= 4 is 17.2 Å². The second kappa shape index (κ2) is 2.98. The van der Waals surface area contributed by atoms with E-state index < -0.39 is 0 Å². The Bertz CT molecular complexity index is 424. The van der Waals surface area contributed by atoms with Crippen molar-refractivity contribution in [2.45, 2.75) is 6.73 Å². The molecule has 0 bridgehead atoms. The Morgan fingerprint density at radius 2 is 2.23 bits per heavy atom.